The number of nitrogens with zero attached hydrogens (tertiary/aromatic N) is 14. The highest BCUT2D eigenvalue weighted by atomic mass is 35.5. The zero-order chi connectivity index (χ0) is 56.3. The standard InChI is InChI=1S/2C24H32ClN7O6S/c2*1-14(20(36-2)21-26-9-16(25)10-27-21)39(34,35)12-18-30-31-22(17-8-6-5-7-15(17)11-33)32(18)19-23(37-3)28-13-29-24(19)38-4/h2*9-10,13-15,17,20,33H,5-8,11-12H2,1-4H3/t14-,15+,17+,20-;14-,15-,17-,20-/m00/s1. The average Bonchev–Trinajstić information content (AvgIpc) is 4.18. The predicted octanol–water partition coefficient (Wildman–Crippen LogP) is 4.95. The molecule has 0 aliphatic heterocycles. The van der Waals surface area contributed by atoms with Crippen LogP contribution in [0.4, 0.5) is 0 Å². The van der Waals surface area contributed by atoms with Gasteiger partial charge in [-0.15, -0.1) is 20.4 Å². The second kappa shape index (κ2) is 26.9. The monoisotopic (exact) mass is 1160 g/mol. The van der Waals surface area contributed by atoms with Gasteiger partial charge in [-0.25, -0.2) is 36.8 Å². The number of aliphatic hydroxyl groups is 2. The lowest BCUT2D eigenvalue weighted by Crippen LogP contribution is -2.30. The van der Waals surface area contributed by atoms with E-state index in [1.807, 2.05) is 0 Å². The van der Waals surface area contributed by atoms with Gasteiger partial charge in [0.25, 0.3) is 0 Å². The van der Waals surface area contributed by atoms with Crippen molar-refractivity contribution >= 4 is 42.9 Å². The fourth-order valence-corrected chi connectivity index (χ4v) is 13.0. The summed E-state index contributed by atoms with van der Waals surface area (Å²) >= 11 is 11.8. The van der Waals surface area contributed by atoms with Crippen molar-refractivity contribution in [2.24, 2.45) is 11.8 Å². The second-order valence-electron chi connectivity index (χ2n) is 18.6. The first-order valence-electron chi connectivity index (χ1n) is 24.9. The SMILES string of the molecule is COc1ncnc(OC)c1-n1c(CS(=O)(=O)[C@@H](C)[C@H](OC)c2ncc(Cl)cn2)nnc1[C@@H]1CCCC[C@@H]1CO.COc1ncnc(OC)c1-n1c(CS(=O)(=O)[C@@H](C)[C@H](OC)c2ncc(Cl)cn2)nnc1[C@H]1CCCC[C@H]1CO. The third-order valence-corrected chi connectivity index (χ3v) is 18.6. The minimum atomic E-state index is -3.92. The van der Waals surface area contributed by atoms with Gasteiger partial charge in [0, 0.05) is 64.1 Å². The summed E-state index contributed by atoms with van der Waals surface area (Å²) < 4.78 is 91.3. The van der Waals surface area contributed by atoms with Crippen LogP contribution in [-0.4, -0.2) is 163 Å². The van der Waals surface area contributed by atoms with E-state index >= 15 is 0 Å². The summed E-state index contributed by atoms with van der Waals surface area (Å²) in [6.07, 6.45) is 13.2. The predicted molar refractivity (Wildman–Crippen MR) is 281 cm³/mol. The van der Waals surface area contributed by atoms with Gasteiger partial charge in [0.1, 0.15) is 48.0 Å². The normalized spacial score (nSPS) is 19.4. The molecule has 30 heteroatoms. The molecule has 6 aromatic rings. The van der Waals surface area contributed by atoms with E-state index in [2.05, 4.69) is 60.3 Å². The summed E-state index contributed by atoms with van der Waals surface area (Å²) in [6.45, 7) is 2.99. The highest BCUT2D eigenvalue weighted by molar-refractivity contribution is 7.91. The molecule has 26 nitrogen and oxygen atoms in total. The molecule has 8 rings (SSSR count). The summed E-state index contributed by atoms with van der Waals surface area (Å²) in [5.41, 5.74) is 0.568. The van der Waals surface area contributed by atoms with Gasteiger partial charge in [-0.1, -0.05) is 48.9 Å². The van der Waals surface area contributed by atoms with Crippen LogP contribution in [0.15, 0.2) is 37.4 Å². The van der Waals surface area contributed by atoms with Crippen LogP contribution in [0.1, 0.15) is 124 Å². The zero-order valence-electron chi connectivity index (χ0n) is 44.4. The molecule has 2 aliphatic carbocycles. The molecule has 0 bridgehead atoms. The molecule has 0 amide bonds. The van der Waals surface area contributed by atoms with Crippen LogP contribution >= 0.6 is 23.2 Å². The lowest BCUT2D eigenvalue weighted by molar-refractivity contribution is 0.0947. The molecule has 0 radical (unpaired) electrons. The van der Waals surface area contributed by atoms with E-state index in [-0.39, 0.29) is 95.1 Å². The van der Waals surface area contributed by atoms with Crippen molar-refractivity contribution in [3.8, 4) is 34.9 Å². The Morgan fingerprint density at radius 2 is 0.846 bits per heavy atom. The highest BCUT2D eigenvalue weighted by Crippen LogP contribution is 2.43. The van der Waals surface area contributed by atoms with E-state index in [0.717, 1.165) is 51.4 Å². The van der Waals surface area contributed by atoms with E-state index in [1.54, 1.807) is 9.13 Å². The fraction of sp³-hybridized carbons (Fsp3) is 0.583. The van der Waals surface area contributed by atoms with Crippen molar-refractivity contribution in [1.29, 1.82) is 0 Å². The lowest BCUT2D eigenvalue weighted by atomic mass is 9.79. The number of sulfone groups is 2. The van der Waals surface area contributed by atoms with Crippen molar-refractivity contribution in [2.75, 3.05) is 55.9 Å². The third kappa shape index (κ3) is 13.1. The van der Waals surface area contributed by atoms with Crippen molar-refractivity contribution in [3.63, 3.8) is 0 Å². The van der Waals surface area contributed by atoms with Gasteiger partial charge in [-0.05, 0) is 51.4 Å². The van der Waals surface area contributed by atoms with Crippen LogP contribution in [0.3, 0.4) is 0 Å². The van der Waals surface area contributed by atoms with E-state index in [4.69, 9.17) is 51.6 Å². The Morgan fingerprint density at radius 3 is 1.14 bits per heavy atom. The fourth-order valence-electron chi connectivity index (χ4n) is 9.97. The number of hydrogen-bond donors (Lipinski definition) is 2. The largest absolute Gasteiger partial charge is 0.479 e. The molecular formula is C48H64Cl2N14O12S2. The van der Waals surface area contributed by atoms with Gasteiger partial charge in [0.2, 0.25) is 23.5 Å². The molecule has 6 heterocycles. The highest BCUT2D eigenvalue weighted by Gasteiger charge is 2.40. The molecular weight excluding hydrogens is 1100 g/mol. The van der Waals surface area contributed by atoms with Crippen molar-refractivity contribution < 1.29 is 55.5 Å². The number of rotatable bonds is 22. The van der Waals surface area contributed by atoms with Crippen LogP contribution in [-0.2, 0) is 40.7 Å². The summed E-state index contributed by atoms with van der Waals surface area (Å²) in [6, 6.07) is 0. The first-order valence-corrected chi connectivity index (χ1v) is 29.1. The van der Waals surface area contributed by atoms with Crippen molar-refractivity contribution in [3.05, 3.63) is 82.4 Å². The quantitative estimate of drug-likeness (QED) is 0.0908. The Labute approximate surface area is 461 Å². The van der Waals surface area contributed by atoms with E-state index in [1.165, 1.54) is 93.9 Å². The molecule has 424 valence electrons. The number of aromatic nitrogens is 14. The molecule has 2 N–H and O–H groups in total. The number of hydrogen-bond acceptors (Lipinski definition) is 24. The maximum absolute atomic E-state index is 13.8. The maximum atomic E-state index is 13.8. The molecule has 0 saturated heterocycles. The Hall–Kier alpha value is -5.88. The number of halogens is 2. The van der Waals surface area contributed by atoms with E-state index in [0.29, 0.717) is 21.7 Å². The van der Waals surface area contributed by atoms with Gasteiger partial charge in [0.15, 0.2) is 54.3 Å². The van der Waals surface area contributed by atoms with Crippen LogP contribution in [0.25, 0.3) is 11.4 Å². The summed E-state index contributed by atoms with van der Waals surface area (Å²) in [5.74, 6) is 0.788. The molecule has 2 aliphatic rings. The second-order valence-corrected chi connectivity index (χ2v) is 24.2. The molecule has 2 saturated carbocycles. The molecule has 0 spiro atoms. The minimum Gasteiger partial charge on any atom is -0.479 e. The smallest absolute Gasteiger partial charge is 0.245 e. The summed E-state index contributed by atoms with van der Waals surface area (Å²) in [7, 11) is 0.721. The average molecular weight is 1160 g/mol. The molecule has 0 aromatic carbocycles. The van der Waals surface area contributed by atoms with Gasteiger partial charge < -0.3 is 38.6 Å². The molecule has 2 fully saturated rings. The summed E-state index contributed by atoms with van der Waals surface area (Å²) in [4.78, 5) is 33.4. The first-order chi connectivity index (χ1) is 37.5. The van der Waals surface area contributed by atoms with Crippen molar-refractivity contribution in [1.82, 2.24) is 69.4 Å². The Kier molecular flexibility index (Phi) is 20.6. The van der Waals surface area contributed by atoms with Crippen LogP contribution in [0.5, 0.6) is 23.5 Å². The lowest BCUT2D eigenvalue weighted by Gasteiger charge is -2.30. The van der Waals surface area contributed by atoms with Gasteiger partial charge >= 0.3 is 0 Å². The number of ether oxygens (including phenoxy) is 6. The van der Waals surface area contributed by atoms with Gasteiger partial charge in [0.05, 0.1) is 49.0 Å². The van der Waals surface area contributed by atoms with Crippen LogP contribution in [0, 0.1) is 11.8 Å². The van der Waals surface area contributed by atoms with Crippen LogP contribution < -0.4 is 18.9 Å². The van der Waals surface area contributed by atoms with Gasteiger partial charge in [-0.2, -0.15) is 19.9 Å². The van der Waals surface area contributed by atoms with E-state index in [9.17, 15) is 27.0 Å². The number of methoxy groups -OCH3 is 6. The Balaban J connectivity index is 0.000000226. The van der Waals surface area contributed by atoms with E-state index < -0.39 is 53.9 Å². The topological polar surface area (TPSA) is 329 Å². The minimum absolute atomic E-state index is 0.0294. The molecule has 78 heavy (non-hydrogen) atoms. The number of aliphatic hydroxyl groups excluding tert-OH is 2. The maximum Gasteiger partial charge on any atom is 0.245 e. The zero-order valence-corrected chi connectivity index (χ0v) is 47.5. The molecule has 6 aromatic heterocycles. The molecule has 0 unspecified atom stereocenters. The van der Waals surface area contributed by atoms with Gasteiger partial charge in [-0.3, -0.25) is 9.13 Å². The van der Waals surface area contributed by atoms with Crippen molar-refractivity contribution in [2.45, 2.75) is 111 Å². The third-order valence-electron chi connectivity index (χ3n) is 14.1. The summed E-state index contributed by atoms with van der Waals surface area (Å²) in [5, 5.41) is 36.3. The molecule has 8 atom stereocenters. The Bertz CT molecular complexity index is 2910. The first kappa shape index (κ1) is 59.8. The Morgan fingerprint density at radius 1 is 0.526 bits per heavy atom. The van der Waals surface area contributed by atoms with Crippen LogP contribution in [0.2, 0.25) is 10.0 Å².